The van der Waals surface area contributed by atoms with Gasteiger partial charge in [-0.05, 0) is 87.7 Å². The molecule has 0 unspecified atom stereocenters. The van der Waals surface area contributed by atoms with Gasteiger partial charge in [0.05, 0.1) is 5.56 Å². The monoisotopic (exact) mass is 342 g/mol. The SMILES string of the molecule is CC1=CCC(C)(C)c2cc3ccc(-c4ccc(C(=O)O)cc4)cc3cc21. The molecule has 2 nitrogen and oxygen atoms in total. The minimum atomic E-state index is -0.897. The molecule has 1 N–H and O–H groups in total. The fourth-order valence-electron chi connectivity index (χ4n) is 3.80. The van der Waals surface area contributed by atoms with Crippen molar-refractivity contribution in [1.29, 1.82) is 0 Å². The molecule has 0 saturated carbocycles. The zero-order valence-corrected chi connectivity index (χ0v) is 15.3. The van der Waals surface area contributed by atoms with E-state index in [1.54, 1.807) is 12.1 Å². The molecule has 0 atom stereocenters. The van der Waals surface area contributed by atoms with Gasteiger partial charge in [0.1, 0.15) is 0 Å². The van der Waals surface area contributed by atoms with Gasteiger partial charge < -0.3 is 5.11 Å². The van der Waals surface area contributed by atoms with Crippen molar-refractivity contribution < 1.29 is 9.90 Å². The van der Waals surface area contributed by atoms with E-state index in [0.29, 0.717) is 5.56 Å². The van der Waals surface area contributed by atoms with Crippen LogP contribution in [0.5, 0.6) is 0 Å². The topological polar surface area (TPSA) is 37.3 Å². The maximum absolute atomic E-state index is 11.0. The van der Waals surface area contributed by atoms with Crippen LogP contribution in [0.4, 0.5) is 0 Å². The maximum atomic E-state index is 11.0. The number of aromatic carboxylic acids is 1. The van der Waals surface area contributed by atoms with Crippen LogP contribution in [0.15, 0.2) is 60.7 Å². The molecule has 1 aliphatic rings. The van der Waals surface area contributed by atoms with Crippen LogP contribution in [0.25, 0.3) is 27.5 Å². The van der Waals surface area contributed by atoms with Crippen LogP contribution in [0.3, 0.4) is 0 Å². The van der Waals surface area contributed by atoms with Crippen LogP contribution in [0, 0.1) is 0 Å². The van der Waals surface area contributed by atoms with Crippen molar-refractivity contribution in [3.05, 3.63) is 77.4 Å². The molecule has 26 heavy (non-hydrogen) atoms. The lowest BCUT2D eigenvalue weighted by molar-refractivity contribution is 0.0697. The smallest absolute Gasteiger partial charge is 0.335 e. The highest BCUT2D eigenvalue weighted by Crippen LogP contribution is 2.41. The molecular formula is C24H22O2. The molecule has 1 aliphatic carbocycles. The highest BCUT2D eigenvalue weighted by molar-refractivity contribution is 5.92. The third kappa shape index (κ3) is 2.72. The molecule has 0 heterocycles. The first-order valence-electron chi connectivity index (χ1n) is 8.94. The number of benzene rings is 3. The van der Waals surface area contributed by atoms with Gasteiger partial charge in [0, 0.05) is 0 Å². The largest absolute Gasteiger partial charge is 0.478 e. The van der Waals surface area contributed by atoms with Crippen LogP contribution in [0.1, 0.15) is 48.7 Å². The Morgan fingerprint density at radius 1 is 0.923 bits per heavy atom. The number of carboxylic acids is 1. The standard InChI is InChI=1S/C24H22O2/c1-15-10-11-24(2,3)22-14-19-9-8-18(12-20(19)13-21(15)22)16-4-6-17(7-5-16)23(25)26/h4-10,12-14H,11H2,1-3H3,(H,25,26). The lowest BCUT2D eigenvalue weighted by Crippen LogP contribution is -2.21. The molecule has 0 spiro atoms. The third-order valence-electron chi connectivity index (χ3n) is 5.51. The Labute approximate surface area is 153 Å². The number of hydrogen-bond acceptors (Lipinski definition) is 1. The summed E-state index contributed by atoms with van der Waals surface area (Å²) in [5.41, 5.74) is 6.71. The van der Waals surface area contributed by atoms with Gasteiger partial charge in [-0.1, -0.05) is 44.2 Å². The van der Waals surface area contributed by atoms with E-state index in [9.17, 15) is 4.79 Å². The predicted molar refractivity (Wildman–Crippen MR) is 108 cm³/mol. The summed E-state index contributed by atoms with van der Waals surface area (Å²) >= 11 is 0. The van der Waals surface area contributed by atoms with Crippen molar-refractivity contribution in [2.45, 2.75) is 32.6 Å². The second-order valence-electron chi connectivity index (χ2n) is 7.82. The van der Waals surface area contributed by atoms with Gasteiger partial charge in [0.25, 0.3) is 0 Å². The van der Waals surface area contributed by atoms with Crippen molar-refractivity contribution in [2.75, 3.05) is 0 Å². The van der Waals surface area contributed by atoms with E-state index in [1.165, 1.54) is 27.5 Å². The molecule has 0 aliphatic heterocycles. The molecule has 0 saturated heterocycles. The van der Waals surface area contributed by atoms with Gasteiger partial charge in [-0.3, -0.25) is 0 Å². The zero-order valence-electron chi connectivity index (χ0n) is 15.3. The van der Waals surface area contributed by atoms with Crippen molar-refractivity contribution in [1.82, 2.24) is 0 Å². The van der Waals surface area contributed by atoms with E-state index < -0.39 is 5.97 Å². The quantitative estimate of drug-likeness (QED) is 0.594. The number of fused-ring (bicyclic) bond motifs is 2. The number of carboxylic acid groups (broad SMARTS) is 1. The molecule has 0 aromatic heterocycles. The Morgan fingerprint density at radius 3 is 2.31 bits per heavy atom. The van der Waals surface area contributed by atoms with E-state index >= 15 is 0 Å². The summed E-state index contributed by atoms with van der Waals surface area (Å²) in [6.45, 7) is 6.80. The normalized spacial score (nSPS) is 15.4. The molecule has 0 radical (unpaired) electrons. The van der Waals surface area contributed by atoms with Crippen LogP contribution >= 0.6 is 0 Å². The van der Waals surface area contributed by atoms with Crippen molar-refractivity contribution >= 4 is 22.3 Å². The Morgan fingerprint density at radius 2 is 1.62 bits per heavy atom. The third-order valence-corrected chi connectivity index (χ3v) is 5.51. The number of allylic oxidation sites excluding steroid dienone is 2. The van der Waals surface area contributed by atoms with E-state index in [0.717, 1.165) is 17.5 Å². The molecule has 3 aromatic rings. The van der Waals surface area contributed by atoms with Gasteiger partial charge in [-0.2, -0.15) is 0 Å². The molecule has 0 bridgehead atoms. The molecule has 2 heteroatoms. The molecule has 3 aromatic carbocycles. The minimum Gasteiger partial charge on any atom is -0.478 e. The van der Waals surface area contributed by atoms with Crippen LogP contribution in [-0.2, 0) is 5.41 Å². The van der Waals surface area contributed by atoms with Gasteiger partial charge in [0.15, 0.2) is 0 Å². The number of carbonyl (C=O) groups is 1. The van der Waals surface area contributed by atoms with E-state index in [4.69, 9.17) is 5.11 Å². The summed E-state index contributed by atoms with van der Waals surface area (Å²) in [6.07, 6.45) is 3.41. The maximum Gasteiger partial charge on any atom is 0.335 e. The van der Waals surface area contributed by atoms with Crippen molar-refractivity contribution in [3.63, 3.8) is 0 Å². The lowest BCUT2D eigenvalue weighted by Gasteiger charge is -2.31. The average Bonchev–Trinajstić information content (AvgIpc) is 2.64. The zero-order chi connectivity index (χ0) is 18.5. The first-order chi connectivity index (χ1) is 12.3. The summed E-state index contributed by atoms with van der Waals surface area (Å²) in [7, 11) is 0. The predicted octanol–water partition coefficient (Wildman–Crippen LogP) is 6.29. The van der Waals surface area contributed by atoms with Gasteiger partial charge in [-0.15, -0.1) is 0 Å². The van der Waals surface area contributed by atoms with E-state index in [1.807, 2.05) is 12.1 Å². The molecular weight excluding hydrogens is 320 g/mol. The highest BCUT2D eigenvalue weighted by atomic mass is 16.4. The summed E-state index contributed by atoms with van der Waals surface area (Å²) in [5.74, 6) is -0.897. The van der Waals surface area contributed by atoms with E-state index in [-0.39, 0.29) is 5.41 Å². The Balaban J connectivity index is 1.83. The lowest BCUT2D eigenvalue weighted by atomic mass is 9.73. The van der Waals surface area contributed by atoms with E-state index in [2.05, 4.69) is 57.2 Å². The second-order valence-corrected chi connectivity index (χ2v) is 7.82. The Hall–Kier alpha value is -2.87. The first kappa shape index (κ1) is 16.6. The molecule has 0 fully saturated rings. The Bertz CT molecular complexity index is 1050. The molecule has 130 valence electrons. The van der Waals surface area contributed by atoms with Crippen LogP contribution < -0.4 is 0 Å². The van der Waals surface area contributed by atoms with Gasteiger partial charge >= 0.3 is 5.97 Å². The highest BCUT2D eigenvalue weighted by Gasteiger charge is 2.27. The summed E-state index contributed by atoms with van der Waals surface area (Å²) in [4.78, 5) is 11.0. The van der Waals surface area contributed by atoms with Gasteiger partial charge in [-0.25, -0.2) is 4.79 Å². The van der Waals surface area contributed by atoms with Crippen molar-refractivity contribution in [3.8, 4) is 11.1 Å². The van der Waals surface area contributed by atoms with Crippen molar-refractivity contribution in [2.24, 2.45) is 0 Å². The summed E-state index contributed by atoms with van der Waals surface area (Å²) in [5, 5.41) is 11.5. The summed E-state index contributed by atoms with van der Waals surface area (Å²) in [6, 6.07) is 18.2. The number of rotatable bonds is 2. The number of hydrogen-bond donors (Lipinski definition) is 1. The first-order valence-corrected chi connectivity index (χ1v) is 8.94. The fraction of sp³-hybridized carbons (Fsp3) is 0.208. The average molecular weight is 342 g/mol. The Kier molecular flexibility index (Phi) is 3.73. The van der Waals surface area contributed by atoms with Gasteiger partial charge in [0.2, 0.25) is 0 Å². The summed E-state index contributed by atoms with van der Waals surface area (Å²) < 4.78 is 0. The minimum absolute atomic E-state index is 0.161. The second kappa shape index (κ2) is 5.84. The molecule has 4 rings (SSSR count). The fourth-order valence-corrected chi connectivity index (χ4v) is 3.80. The van der Waals surface area contributed by atoms with Crippen LogP contribution in [0.2, 0.25) is 0 Å². The van der Waals surface area contributed by atoms with Crippen LogP contribution in [-0.4, -0.2) is 11.1 Å². The molecule has 0 amide bonds.